The van der Waals surface area contributed by atoms with Gasteiger partial charge >= 0.3 is 0 Å². The second kappa shape index (κ2) is 4.86. The molecule has 0 aromatic heterocycles. The van der Waals surface area contributed by atoms with E-state index in [1.54, 1.807) is 5.57 Å². The number of hydrogen-bond acceptors (Lipinski definition) is 0. The van der Waals surface area contributed by atoms with E-state index in [2.05, 4.69) is 57.2 Å². The predicted octanol–water partition coefficient (Wildman–Crippen LogP) is 4.78. The third kappa shape index (κ3) is 2.55. The molecule has 0 amide bonds. The maximum atomic E-state index is 2.50. The van der Waals surface area contributed by atoms with Gasteiger partial charge in [-0.25, -0.2) is 0 Å². The topological polar surface area (TPSA) is 0 Å². The van der Waals surface area contributed by atoms with Crippen LogP contribution in [0.15, 0.2) is 42.0 Å². The van der Waals surface area contributed by atoms with E-state index in [1.165, 1.54) is 18.4 Å². The molecule has 0 N–H and O–H groups in total. The van der Waals surface area contributed by atoms with Crippen molar-refractivity contribution in [3.05, 3.63) is 47.5 Å². The summed E-state index contributed by atoms with van der Waals surface area (Å²) >= 11 is 0. The van der Waals surface area contributed by atoms with Gasteiger partial charge < -0.3 is 0 Å². The van der Waals surface area contributed by atoms with Crippen molar-refractivity contribution in [1.29, 1.82) is 0 Å². The van der Waals surface area contributed by atoms with Gasteiger partial charge in [0.1, 0.15) is 0 Å². The van der Waals surface area contributed by atoms with E-state index in [0.717, 1.165) is 11.8 Å². The zero-order valence-electron chi connectivity index (χ0n) is 10.6. The number of rotatable bonds is 2. The van der Waals surface area contributed by atoms with Crippen LogP contribution in [-0.4, -0.2) is 0 Å². The zero-order chi connectivity index (χ0) is 11.5. The molecule has 1 aromatic rings. The Balaban J connectivity index is 2.16. The Morgan fingerprint density at radius 2 is 1.88 bits per heavy atom. The summed E-state index contributed by atoms with van der Waals surface area (Å²) in [5.74, 6) is 2.23. The first kappa shape index (κ1) is 11.4. The van der Waals surface area contributed by atoms with Gasteiger partial charge in [0.15, 0.2) is 0 Å². The second-order valence-electron chi connectivity index (χ2n) is 5.42. The van der Waals surface area contributed by atoms with Crippen molar-refractivity contribution < 1.29 is 0 Å². The van der Waals surface area contributed by atoms with Gasteiger partial charge in [0.2, 0.25) is 0 Å². The van der Waals surface area contributed by atoms with E-state index in [9.17, 15) is 0 Å². The summed E-state index contributed by atoms with van der Waals surface area (Å²) in [6.07, 6.45) is 5.13. The molecule has 3 unspecified atom stereocenters. The SMILES string of the molecule is CC1=CC(C(C)c2ccccc2)CC(C)C1. The summed E-state index contributed by atoms with van der Waals surface area (Å²) in [7, 11) is 0. The molecular weight excluding hydrogens is 192 g/mol. The lowest BCUT2D eigenvalue weighted by molar-refractivity contribution is 0.377. The van der Waals surface area contributed by atoms with Crippen LogP contribution in [-0.2, 0) is 0 Å². The first-order valence-electron chi connectivity index (χ1n) is 6.39. The third-order valence-corrected chi connectivity index (χ3v) is 3.81. The van der Waals surface area contributed by atoms with Crippen LogP contribution in [0.5, 0.6) is 0 Å². The average Bonchev–Trinajstić information content (AvgIpc) is 2.28. The zero-order valence-corrected chi connectivity index (χ0v) is 10.6. The molecule has 0 radical (unpaired) electrons. The molecule has 1 aliphatic carbocycles. The fourth-order valence-corrected chi connectivity index (χ4v) is 2.95. The lowest BCUT2D eigenvalue weighted by Gasteiger charge is -2.29. The maximum Gasteiger partial charge on any atom is -0.0127 e. The van der Waals surface area contributed by atoms with Gasteiger partial charge in [-0.05, 0) is 43.1 Å². The Labute approximate surface area is 99.4 Å². The van der Waals surface area contributed by atoms with E-state index in [1.807, 2.05) is 0 Å². The quantitative estimate of drug-likeness (QED) is 0.621. The van der Waals surface area contributed by atoms with Crippen molar-refractivity contribution in [2.24, 2.45) is 11.8 Å². The summed E-state index contributed by atoms with van der Waals surface area (Å²) in [4.78, 5) is 0. The molecule has 1 aliphatic rings. The molecule has 2 rings (SSSR count). The molecule has 0 fully saturated rings. The lowest BCUT2D eigenvalue weighted by Crippen LogP contribution is -2.16. The van der Waals surface area contributed by atoms with E-state index in [4.69, 9.17) is 0 Å². The first-order valence-corrected chi connectivity index (χ1v) is 6.39. The number of allylic oxidation sites excluding steroid dienone is 2. The van der Waals surface area contributed by atoms with E-state index in [-0.39, 0.29) is 0 Å². The maximum absolute atomic E-state index is 2.50. The second-order valence-corrected chi connectivity index (χ2v) is 5.42. The van der Waals surface area contributed by atoms with Gasteiger partial charge in [0.25, 0.3) is 0 Å². The van der Waals surface area contributed by atoms with Crippen LogP contribution in [0.3, 0.4) is 0 Å². The molecule has 0 heterocycles. The lowest BCUT2D eigenvalue weighted by atomic mass is 9.76. The minimum Gasteiger partial charge on any atom is -0.0819 e. The third-order valence-electron chi connectivity index (χ3n) is 3.81. The van der Waals surface area contributed by atoms with Crippen molar-refractivity contribution in [1.82, 2.24) is 0 Å². The minimum absolute atomic E-state index is 0.652. The number of benzene rings is 1. The van der Waals surface area contributed by atoms with Crippen LogP contribution in [0.1, 0.15) is 45.1 Å². The summed E-state index contributed by atoms with van der Waals surface area (Å²) in [5, 5.41) is 0. The fourth-order valence-electron chi connectivity index (χ4n) is 2.95. The van der Waals surface area contributed by atoms with Gasteiger partial charge in [0, 0.05) is 0 Å². The first-order chi connectivity index (χ1) is 7.66. The van der Waals surface area contributed by atoms with Crippen molar-refractivity contribution >= 4 is 0 Å². The molecule has 16 heavy (non-hydrogen) atoms. The molecule has 0 nitrogen and oxygen atoms in total. The van der Waals surface area contributed by atoms with Crippen molar-refractivity contribution in [2.75, 3.05) is 0 Å². The summed E-state index contributed by atoms with van der Waals surface area (Å²) in [5.41, 5.74) is 3.05. The van der Waals surface area contributed by atoms with Crippen LogP contribution in [0, 0.1) is 11.8 Å². The molecular formula is C16H22. The number of hydrogen-bond donors (Lipinski definition) is 0. The van der Waals surface area contributed by atoms with E-state index in [0.29, 0.717) is 5.92 Å². The summed E-state index contributed by atoms with van der Waals surface area (Å²) in [6, 6.07) is 10.9. The van der Waals surface area contributed by atoms with Crippen molar-refractivity contribution in [2.45, 2.75) is 39.5 Å². The highest BCUT2D eigenvalue weighted by molar-refractivity contribution is 5.22. The Morgan fingerprint density at radius 3 is 2.50 bits per heavy atom. The van der Waals surface area contributed by atoms with Gasteiger partial charge in [-0.2, -0.15) is 0 Å². The molecule has 1 aromatic carbocycles. The Bertz CT molecular complexity index is 361. The Kier molecular flexibility index (Phi) is 3.48. The van der Waals surface area contributed by atoms with Gasteiger partial charge in [-0.1, -0.05) is 55.8 Å². The standard InChI is InChI=1S/C16H22/c1-12-9-13(2)11-16(10-12)14(3)15-7-5-4-6-8-15/h4-8,10,13-14,16H,9,11H2,1-3H3. The summed E-state index contributed by atoms with van der Waals surface area (Å²) in [6.45, 7) is 7.02. The molecule has 0 spiro atoms. The van der Waals surface area contributed by atoms with Crippen LogP contribution in [0.4, 0.5) is 0 Å². The average molecular weight is 214 g/mol. The van der Waals surface area contributed by atoms with E-state index < -0.39 is 0 Å². The molecule has 0 bridgehead atoms. The normalized spacial score (nSPS) is 27.3. The van der Waals surface area contributed by atoms with Gasteiger partial charge in [0.05, 0.1) is 0 Å². The van der Waals surface area contributed by atoms with E-state index >= 15 is 0 Å². The predicted molar refractivity (Wildman–Crippen MR) is 70.5 cm³/mol. The highest BCUT2D eigenvalue weighted by Gasteiger charge is 2.23. The van der Waals surface area contributed by atoms with Crippen molar-refractivity contribution in [3.8, 4) is 0 Å². The van der Waals surface area contributed by atoms with Crippen LogP contribution in [0.2, 0.25) is 0 Å². The Hall–Kier alpha value is -1.04. The molecule has 0 heteroatoms. The summed E-state index contributed by atoms with van der Waals surface area (Å²) < 4.78 is 0. The van der Waals surface area contributed by atoms with Crippen LogP contribution < -0.4 is 0 Å². The monoisotopic (exact) mass is 214 g/mol. The molecule has 0 saturated carbocycles. The smallest absolute Gasteiger partial charge is 0.0127 e. The molecule has 0 aliphatic heterocycles. The fraction of sp³-hybridized carbons (Fsp3) is 0.500. The van der Waals surface area contributed by atoms with Crippen LogP contribution >= 0.6 is 0 Å². The highest BCUT2D eigenvalue weighted by Crippen LogP contribution is 2.36. The van der Waals surface area contributed by atoms with Gasteiger partial charge in [-0.3, -0.25) is 0 Å². The highest BCUT2D eigenvalue weighted by atomic mass is 14.3. The molecule has 3 atom stereocenters. The van der Waals surface area contributed by atoms with Crippen molar-refractivity contribution in [3.63, 3.8) is 0 Å². The minimum atomic E-state index is 0.652. The molecule has 0 saturated heterocycles. The van der Waals surface area contributed by atoms with Gasteiger partial charge in [-0.15, -0.1) is 0 Å². The van der Waals surface area contributed by atoms with Crippen LogP contribution in [0.25, 0.3) is 0 Å². The largest absolute Gasteiger partial charge is 0.0819 e. The Morgan fingerprint density at radius 1 is 1.19 bits per heavy atom. The molecule has 86 valence electrons.